The van der Waals surface area contributed by atoms with E-state index in [9.17, 15) is 9.18 Å². The van der Waals surface area contributed by atoms with Gasteiger partial charge in [-0.05, 0) is 53.7 Å². The lowest BCUT2D eigenvalue weighted by atomic mass is 10.1. The quantitative estimate of drug-likeness (QED) is 0.581. The van der Waals surface area contributed by atoms with E-state index in [1.165, 1.54) is 17.0 Å². The van der Waals surface area contributed by atoms with Gasteiger partial charge in [-0.1, -0.05) is 29.8 Å². The number of likely N-dealkylation sites (N-methyl/N-ethyl adjacent to an activating group) is 2. The molecule has 0 unspecified atom stereocenters. The van der Waals surface area contributed by atoms with Crippen molar-refractivity contribution in [3.63, 3.8) is 0 Å². The maximum absolute atomic E-state index is 13.2. The van der Waals surface area contributed by atoms with Crippen molar-refractivity contribution in [3.05, 3.63) is 70.1 Å². The van der Waals surface area contributed by atoms with E-state index < -0.39 is 0 Å². The van der Waals surface area contributed by atoms with Crippen molar-refractivity contribution in [1.29, 1.82) is 0 Å². The molecule has 1 amide bonds. The molecule has 0 N–H and O–H groups in total. The summed E-state index contributed by atoms with van der Waals surface area (Å²) in [5, 5.41) is 0.849. The van der Waals surface area contributed by atoms with Crippen molar-refractivity contribution < 1.29 is 13.9 Å². The number of hydrogen-bond donors (Lipinski definition) is 0. The Hall–Kier alpha value is -2.44. The summed E-state index contributed by atoms with van der Waals surface area (Å²) in [6.45, 7) is 0.207. The number of carbonyl (C=O) groups excluding carboxylic acids is 1. The zero-order valence-corrected chi connectivity index (χ0v) is 15.8. The Labute approximate surface area is 161 Å². The van der Waals surface area contributed by atoms with E-state index in [1.54, 1.807) is 55.4 Å². The molecule has 1 saturated heterocycles. The molecule has 0 spiro atoms. The number of nitrogens with zero attached hydrogens (tertiary/aromatic N) is 2. The molecule has 2 aromatic rings. The highest BCUT2D eigenvalue weighted by Gasteiger charge is 2.32. The summed E-state index contributed by atoms with van der Waals surface area (Å²) in [6.07, 6.45) is 1.72. The first kappa shape index (κ1) is 18.4. The molecule has 0 bridgehead atoms. The Morgan fingerprint density at radius 3 is 2.58 bits per heavy atom. The van der Waals surface area contributed by atoms with Gasteiger partial charge in [-0.25, -0.2) is 4.39 Å². The van der Waals surface area contributed by atoms with Gasteiger partial charge in [0, 0.05) is 14.1 Å². The van der Waals surface area contributed by atoms with Crippen LogP contribution in [0.4, 0.5) is 4.39 Å². The van der Waals surface area contributed by atoms with E-state index in [-0.39, 0.29) is 18.3 Å². The van der Waals surface area contributed by atoms with Gasteiger partial charge in [0.05, 0.1) is 5.02 Å². The predicted molar refractivity (Wildman–Crippen MR) is 103 cm³/mol. The second-order valence-corrected chi connectivity index (χ2v) is 6.62. The van der Waals surface area contributed by atoms with E-state index >= 15 is 0 Å². The summed E-state index contributed by atoms with van der Waals surface area (Å²) in [4.78, 5) is 15.3. The highest BCUT2D eigenvalue weighted by Crippen LogP contribution is 2.28. The zero-order chi connectivity index (χ0) is 18.8. The van der Waals surface area contributed by atoms with Crippen molar-refractivity contribution in [2.24, 2.45) is 0 Å². The summed E-state index contributed by atoms with van der Waals surface area (Å²) >= 11 is 11.5. The zero-order valence-electron chi connectivity index (χ0n) is 14.2. The van der Waals surface area contributed by atoms with Crippen LogP contribution >= 0.6 is 23.8 Å². The van der Waals surface area contributed by atoms with Gasteiger partial charge < -0.3 is 9.64 Å². The number of benzene rings is 2. The van der Waals surface area contributed by atoms with Crippen LogP contribution in [-0.4, -0.2) is 34.9 Å². The first-order valence-electron chi connectivity index (χ1n) is 7.81. The van der Waals surface area contributed by atoms with Crippen LogP contribution in [0.25, 0.3) is 6.08 Å². The van der Waals surface area contributed by atoms with Crippen LogP contribution in [0.5, 0.6) is 5.75 Å². The van der Waals surface area contributed by atoms with Crippen molar-refractivity contribution >= 4 is 40.9 Å². The maximum atomic E-state index is 13.2. The van der Waals surface area contributed by atoms with Crippen LogP contribution in [0.2, 0.25) is 5.02 Å². The Morgan fingerprint density at radius 1 is 1.19 bits per heavy atom. The number of ether oxygens (including phenoxy) is 1. The summed E-state index contributed by atoms with van der Waals surface area (Å²) in [7, 11) is 3.38. The van der Waals surface area contributed by atoms with Crippen LogP contribution in [-0.2, 0) is 11.4 Å². The fourth-order valence-corrected chi connectivity index (χ4v) is 2.98. The Morgan fingerprint density at radius 2 is 1.96 bits per heavy atom. The molecule has 7 heteroatoms. The van der Waals surface area contributed by atoms with Crippen molar-refractivity contribution in [3.8, 4) is 5.75 Å². The largest absolute Gasteiger partial charge is 0.487 e. The number of carbonyl (C=O) groups is 1. The van der Waals surface area contributed by atoms with Gasteiger partial charge in [0.25, 0.3) is 5.91 Å². The summed E-state index contributed by atoms with van der Waals surface area (Å²) in [5.74, 6) is 0.00396. The molecule has 4 nitrogen and oxygen atoms in total. The fraction of sp³-hybridized carbons (Fsp3) is 0.158. The van der Waals surface area contributed by atoms with Crippen LogP contribution in [0, 0.1) is 5.82 Å². The molecular formula is C19H16ClFN2O2S. The highest BCUT2D eigenvalue weighted by molar-refractivity contribution is 7.80. The van der Waals surface area contributed by atoms with Gasteiger partial charge in [-0.2, -0.15) is 0 Å². The molecule has 0 aliphatic carbocycles. The SMILES string of the molecule is CN1C(=O)/C(=C\c2ccc(OCc3cccc(F)c3)c(Cl)c2)N(C)C1=S. The van der Waals surface area contributed by atoms with Crippen molar-refractivity contribution in [1.82, 2.24) is 9.80 Å². The van der Waals surface area contributed by atoms with E-state index in [0.717, 1.165) is 5.56 Å². The number of amides is 1. The van der Waals surface area contributed by atoms with Crippen LogP contribution < -0.4 is 4.74 Å². The number of halogens is 2. The lowest BCUT2D eigenvalue weighted by Crippen LogP contribution is -2.26. The molecule has 2 aromatic carbocycles. The third kappa shape index (κ3) is 3.71. The lowest BCUT2D eigenvalue weighted by molar-refractivity contribution is -0.121. The van der Waals surface area contributed by atoms with Crippen LogP contribution in [0.15, 0.2) is 48.2 Å². The van der Waals surface area contributed by atoms with E-state index in [2.05, 4.69) is 0 Å². The van der Waals surface area contributed by atoms with Crippen LogP contribution in [0.3, 0.4) is 0 Å². The molecule has 1 fully saturated rings. The molecule has 0 saturated carbocycles. The van der Waals surface area contributed by atoms with E-state index in [4.69, 9.17) is 28.6 Å². The standard InChI is InChI=1S/C19H16ClFN2O2S/c1-22-16(18(24)23(2)19(22)26)10-12-6-7-17(15(20)9-12)25-11-13-4-3-5-14(21)8-13/h3-10H,11H2,1-2H3/b16-10+. The molecule has 1 heterocycles. The topological polar surface area (TPSA) is 32.8 Å². The number of rotatable bonds is 4. The normalized spacial score (nSPS) is 15.9. The maximum Gasteiger partial charge on any atom is 0.276 e. The highest BCUT2D eigenvalue weighted by atomic mass is 35.5. The van der Waals surface area contributed by atoms with E-state index in [1.807, 2.05) is 0 Å². The Balaban J connectivity index is 1.76. The molecule has 0 radical (unpaired) electrons. The molecule has 0 atom stereocenters. The Kier molecular flexibility index (Phi) is 5.25. The summed E-state index contributed by atoms with van der Waals surface area (Å²) < 4.78 is 18.9. The molecular weight excluding hydrogens is 375 g/mol. The average Bonchev–Trinajstić information content (AvgIpc) is 2.79. The minimum Gasteiger partial charge on any atom is -0.487 e. The number of hydrogen-bond acceptors (Lipinski definition) is 3. The molecule has 3 rings (SSSR count). The van der Waals surface area contributed by atoms with Crippen molar-refractivity contribution in [2.75, 3.05) is 14.1 Å². The van der Waals surface area contributed by atoms with Gasteiger partial charge in [-0.3, -0.25) is 9.69 Å². The first-order chi connectivity index (χ1) is 12.4. The Bertz CT molecular complexity index is 916. The summed E-state index contributed by atoms with van der Waals surface area (Å²) in [5.41, 5.74) is 1.94. The molecule has 26 heavy (non-hydrogen) atoms. The monoisotopic (exact) mass is 390 g/mol. The molecule has 0 aromatic heterocycles. The van der Waals surface area contributed by atoms with Gasteiger partial charge in [0.15, 0.2) is 5.11 Å². The first-order valence-corrected chi connectivity index (χ1v) is 8.59. The van der Waals surface area contributed by atoms with Gasteiger partial charge in [0.2, 0.25) is 0 Å². The smallest absolute Gasteiger partial charge is 0.276 e. The average molecular weight is 391 g/mol. The van der Waals surface area contributed by atoms with E-state index in [0.29, 0.717) is 27.1 Å². The predicted octanol–water partition coefficient (Wildman–Crippen LogP) is 4.09. The van der Waals surface area contributed by atoms with Crippen LogP contribution in [0.1, 0.15) is 11.1 Å². The lowest BCUT2D eigenvalue weighted by Gasteiger charge is -2.11. The minimum atomic E-state index is -0.313. The molecule has 1 aliphatic heterocycles. The third-order valence-corrected chi connectivity index (χ3v) is 4.84. The van der Waals surface area contributed by atoms with Crippen molar-refractivity contribution in [2.45, 2.75) is 6.61 Å². The third-order valence-electron chi connectivity index (χ3n) is 4.00. The second kappa shape index (κ2) is 7.43. The van der Waals surface area contributed by atoms with Gasteiger partial charge in [-0.15, -0.1) is 0 Å². The fourth-order valence-electron chi connectivity index (χ4n) is 2.56. The minimum absolute atomic E-state index is 0.167. The second-order valence-electron chi connectivity index (χ2n) is 5.84. The van der Waals surface area contributed by atoms with Gasteiger partial charge >= 0.3 is 0 Å². The summed E-state index contributed by atoms with van der Waals surface area (Å²) in [6, 6.07) is 11.4. The van der Waals surface area contributed by atoms with Gasteiger partial charge in [0.1, 0.15) is 23.9 Å². The number of thiocarbonyl (C=S) groups is 1. The molecule has 1 aliphatic rings. The molecule has 134 valence electrons.